The van der Waals surface area contributed by atoms with Crippen molar-refractivity contribution >= 4 is 5.69 Å². The lowest BCUT2D eigenvalue weighted by Crippen LogP contribution is -2.35. The van der Waals surface area contributed by atoms with Gasteiger partial charge in [0.25, 0.3) is 0 Å². The second-order valence-corrected chi connectivity index (χ2v) is 5.81. The Morgan fingerprint density at radius 1 is 1.29 bits per heavy atom. The molecule has 21 heavy (non-hydrogen) atoms. The van der Waals surface area contributed by atoms with Crippen molar-refractivity contribution in [2.45, 2.75) is 51.9 Å². The van der Waals surface area contributed by atoms with E-state index in [1.807, 2.05) is 32.0 Å². The second-order valence-electron chi connectivity index (χ2n) is 5.81. The van der Waals surface area contributed by atoms with Crippen LogP contribution in [0.3, 0.4) is 0 Å². The fraction of sp³-hybridized carbons (Fsp3) is 0.625. The van der Waals surface area contributed by atoms with Crippen LogP contribution in [0.5, 0.6) is 0 Å². The molecule has 1 saturated carbocycles. The number of hydrogen-bond donors (Lipinski definition) is 1. The molecule has 0 atom stereocenters. The zero-order chi connectivity index (χ0) is 15.5. The van der Waals surface area contributed by atoms with Crippen LogP contribution < -0.4 is 10.2 Å². The van der Waals surface area contributed by atoms with Crippen molar-refractivity contribution < 1.29 is 13.2 Å². The van der Waals surface area contributed by atoms with Crippen molar-refractivity contribution in [3.05, 3.63) is 29.3 Å². The van der Waals surface area contributed by atoms with E-state index in [-0.39, 0.29) is 0 Å². The number of halogens is 3. The molecule has 1 aliphatic carbocycles. The van der Waals surface area contributed by atoms with Gasteiger partial charge in [-0.25, -0.2) is 0 Å². The van der Waals surface area contributed by atoms with Gasteiger partial charge in [0.05, 0.1) is 0 Å². The number of anilines is 1. The van der Waals surface area contributed by atoms with Crippen LogP contribution in [0.1, 0.15) is 37.3 Å². The van der Waals surface area contributed by atoms with Crippen LogP contribution in [0.4, 0.5) is 18.9 Å². The summed E-state index contributed by atoms with van der Waals surface area (Å²) in [4.78, 5) is 1.42. The molecule has 0 aliphatic heterocycles. The molecule has 5 heteroatoms. The average Bonchev–Trinajstić information content (AvgIpc) is 3.18. The summed E-state index contributed by atoms with van der Waals surface area (Å²) in [5.41, 5.74) is 2.72. The molecule has 0 radical (unpaired) electrons. The Morgan fingerprint density at radius 2 is 2.00 bits per heavy atom. The fourth-order valence-electron chi connectivity index (χ4n) is 2.50. The van der Waals surface area contributed by atoms with Crippen LogP contribution in [0, 0.1) is 6.92 Å². The van der Waals surface area contributed by atoms with Crippen LogP contribution in [0.2, 0.25) is 0 Å². The summed E-state index contributed by atoms with van der Waals surface area (Å²) in [5.74, 6) is 0. The lowest BCUT2D eigenvalue weighted by molar-refractivity contribution is -0.119. The zero-order valence-electron chi connectivity index (χ0n) is 12.6. The number of aryl methyl sites for hydroxylation is 1. The molecule has 0 unspecified atom stereocenters. The maximum atomic E-state index is 12.7. The third kappa shape index (κ3) is 5.23. The minimum absolute atomic E-state index is 0.417. The smallest absolute Gasteiger partial charge is 0.362 e. The Labute approximate surface area is 124 Å². The van der Waals surface area contributed by atoms with Gasteiger partial charge in [0.15, 0.2) is 0 Å². The molecular formula is C16H23F3N2. The number of nitrogens with zero attached hydrogens (tertiary/aromatic N) is 1. The number of benzene rings is 1. The van der Waals surface area contributed by atoms with E-state index in [1.165, 1.54) is 17.7 Å². The lowest BCUT2D eigenvalue weighted by atomic mass is 10.1. The number of alkyl halides is 3. The maximum absolute atomic E-state index is 12.7. The first-order valence-corrected chi connectivity index (χ1v) is 7.53. The summed E-state index contributed by atoms with van der Waals surface area (Å²) in [7, 11) is 0. The normalized spacial score (nSPS) is 15.3. The van der Waals surface area contributed by atoms with E-state index >= 15 is 0 Å². The summed E-state index contributed by atoms with van der Waals surface area (Å²) in [6.07, 6.45) is -1.02. The van der Waals surface area contributed by atoms with Gasteiger partial charge in [0, 0.05) is 24.8 Å². The highest BCUT2D eigenvalue weighted by Gasteiger charge is 2.31. The first-order valence-electron chi connectivity index (χ1n) is 7.53. The Bertz CT molecular complexity index is 467. The molecule has 0 amide bonds. The molecule has 0 aromatic heterocycles. The topological polar surface area (TPSA) is 15.3 Å². The minimum Gasteiger partial charge on any atom is -0.362 e. The highest BCUT2D eigenvalue weighted by Crippen LogP contribution is 2.26. The van der Waals surface area contributed by atoms with Crippen molar-refractivity contribution in [2.75, 3.05) is 18.0 Å². The largest absolute Gasteiger partial charge is 0.405 e. The van der Waals surface area contributed by atoms with Gasteiger partial charge in [-0.05, 0) is 43.4 Å². The summed E-state index contributed by atoms with van der Waals surface area (Å²) < 4.78 is 38.1. The predicted molar refractivity (Wildman–Crippen MR) is 79.6 cm³/mol. The van der Waals surface area contributed by atoms with Crippen LogP contribution in [-0.4, -0.2) is 25.3 Å². The van der Waals surface area contributed by atoms with Crippen molar-refractivity contribution in [3.8, 4) is 0 Å². The number of rotatable bonds is 7. The summed E-state index contributed by atoms with van der Waals surface area (Å²) in [6, 6.07) is 6.37. The quantitative estimate of drug-likeness (QED) is 0.818. The van der Waals surface area contributed by atoms with Gasteiger partial charge in [0.1, 0.15) is 6.54 Å². The first kappa shape index (κ1) is 16.1. The molecule has 0 spiro atoms. The summed E-state index contributed by atoms with van der Waals surface area (Å²) in [6.45, 7) is 4.10. The third-order valence-corrected chi connectivity index (χ3v) is 3.64. The van der Waals surface area contributed by atoms with Crippen molar-refractivity contribution in [1.82, 2.24) is 5.32 Å². The fourth-order valence-corrected chi connectivity index (χ4v) is 2.50. The highest BCUT2D eigenvalue weighted by molar-refractivity contribution is 5.54. The van der Waals surface area contributed by atoms with Gasteiger partial charge in [-0.2, -0.15) is 13.2 Å². The predicted octanol–water partition coefficient (Wildman–Crippen LogP) is 4.03. The lowest BCUT2D eigenvalue weighted by Gasteiger charge is -2.27. The number of hydrogen-bond acceptors (Lipinski definition) is 2. The molecule has 2 rings (SSSR count). The standard InChI is InChI=1S/C16H23F3N2/c1-3-8-21(11-16(17,18)19)15-7-4-13(9-12(15)2)10-20-14-5-6-14/h4,7,9,14,20H,3,5-6,8,10-11H2,1-2H3. The molecule has 0 heterocycles. The Hall–Kier alpha value is -1.23. The van der Waals surface area contributed by atoms with Gasteiger partial charge >= 0.3 is 6.18 Å². The summed E-state index contributed by atoms with van der Waals surface area (Å²) >= 11 is 0. The molecule has 1 N–H and O–H groups in total. The van der Waals surface area contributed by atoms with Crippen molar-refractivity contribution in [3.63, 3.8) is 0 Å². The Morgan fingerprint density at radius 3 is 2.52 bits per heavy atom. The summed E-state index contributed by atoms with van der Waals surface area (Å²) in [5, 5.41) is 3.42. The second kappa shape index (κ2) is 6.69. The van der Waals surface area contributed by atoms with Gasteiger partial charge in [0.2, 0.25) is 0 Å². The maximum Gasteiger partial charge on any atom is 0.405 e. The SMILES string of the molecule is CCCN(CC(F)(F)F)c1ccc(CNC2CC2)cc1C. The molecule has 0 saturated heterocycles. The van der Waals surface area contributed by atoms with Gasteiger partial charge < -0.3 is 10.2 Å². The van der Waals surface area contributed by atoms with E-state index in [0.717, 1.165) is 17.7 Å². The van der Waals surface area contributed by atoms with Crippen LogP contribution >= 0.6 is 0 Å². The van der Waals surface area contributed by atoms with E-state index < -0.39 is 12.7 Å². The third-order valence-electron chi connectivity index (χ3n) is 3.64. The van der Waals surface area contributed by atoms with Crippen LogP contribution in [-0.2, 0) is 6.54 Å². The molecule has 118 valence electrons. The van der Waals surface area contributed by atoms with Gasteiger partial charge in [-0.1, -0.05) is 19.1 Å². The minimum atomic E-state index is -4.17. The van der Waals surface area contributed by atoms with E-state index in [4.69, 9.17) is 0 Å². The van der Waals surface area contributed by atoms with E-state index in [1.54, 1.807) is 0 Å². The van der Waals surface area contributed by atoms with Crippen molar-refractivity contribution in [1.29, 1.82) is 0 Å². The highest BCUT2D eigenvalue weighted by atomic mass is 19.4. The zero-order valence-corrected chi connectivity index (χ0v) is 12.6. The molecule has 0 bridgehead atoms. The van der Waals surface area contributed by atoms with Crippen molar-refractivity contribution in [2.24, 2.45) is 0 Å². The average molecular weight is 300 g/mol. The van der Waals surface area contributed by atoms with Gasteiger partial charge in [-0.15, -0.1) is 0 Å². The van der Waals surface area contributed by atoms with Crippen LogP contribution in [0.25, 0.3) is 0 Å². The van der Waals surface area contributed by atoms with E-state index in [9.17, 15) is 13.2 Å². The van der Waals surface area contributed by atoms with Gasteiger partial charge in [-0.3, -0.25) is 0 Å². The number of nitrogens with one attached hydrogen (secondary N) is 1. The molecule has 1 aromatic carbocycles. The first-order chi connectivity index (χ1) is 9.89. The van der Waals surface area contributed by atoms with E-state index in [0.29, 0.717) is 24.7 Å². The van der Waals surface area contributed by atoms with E-state index in [2.05, 4.69) is 5.32 Å². The molecule has 1 aromatic rings. The molecule has 2 nitrogen and oxygen atoms in total. The Balaban J connectivity index is 2.08. The molecule has 1 aliphatic rings. The van der Waals surface area contributed by atoms with Crippen LogP contribution in [0.15, 0.2) is 18.2 Å². The molecule has 1 fully saturated rings. The Kier molecular flexibility index (Phi) is 5.14. The monoisotopic (exact) mass is 300 g/mol. The molecular weight excluding hydrogens is 277 g/mol.